The minimum Gasteiger partial charge on any atom is -0.598 e. The van der Waals surface area contributed by atoms with Crippen LogP contribution in [0.15, 0.2) is 48.5 Å². The van der Waals surface area contributed by atoms with Crippen LogP contribution in [0.1, 0.15) is 59.7 Å². The average molecular weight is 750 g/mol. The Labute approximate surface area is 311 Å². The predicted octanol–water partition coefficient (Wildman–Crippen LogP) is 7.02. The Morgan fingerprint density at radius 3 is 2.67 bits per heavy atom. The highest BCUT2D eigenvalue weighted by Crippen LogP contribution is 2.45. The molecular formula is C39H45ClFN5O5S. The summed E-state index contributed by atoms with van der Waals surface area (Å²) in [7, 11) is 3.84. The molecule has 0 radical (unpaired) electrons. The molecule has 0 aliphatic carbocycles. The minimum absolute atomic E-state index is 0.213. The summed E-state index contributed by atoms with van der Waals surface area (Å²) in [5.41, 5.74) is 5.13. The molecule has 1 fully saturated rings. The van der Waals surface area contributed by atoms with Crippen molar-refractivity contribution < 1.29 is 28.3 Å². The van der Waals surface area contributed by atoms with Crippen molar-refractivity contribution in [2.75, 3.05) is 52.3 Å². The zero-order valence-corrected chi connectivity index (χ0v) is 31.4. The van der Waals surface area contributed by atoms with Gasteiger partial charge in [0.25, 0.3) is 0 Å². The van der Waals surface area contributed by atoms with Crippen LogP contribution in [0.4, 0.5) is 4.39 Å². The van der Waals surface area contributed by atoms with E-state index in [9.17, 15) is 18.8 Å². The maximum absolute atomic E-state index is 14.0. The van der Waals surface area contributed by atoms with Crippen molar-refractivity contribution in [2.45, 2.75) is 51.6 Å². The van der Waals surface area contributed by atoms with Crippen molar-refractivity contribution in [1.29, 1.82) is 0 Å². The molecule has 2 aromatic heterocycles. The van der Waals surface area contributed by atoms with E-state index < -0.39 is 17.3 Å². The highest BCUT2D eigenvalue weighted by Gasteiger charge is 2.36. The third-order valence-corrected chi connectivity index (χ3v) is 12.3. The first-order chi connectivity index (χ1) is 25.2. The second kappa shape index (κ2) is 15.8. The Hall–Kier alpha value is -3.65. The molecule has 2 unspecified atom stereocenters. The second-order valence-electron chi connectivity index (χ2n) is 13.5. The molecular weight excluding hydrogens is 705 g/mol. The number of carboxylic acids is 1. The first-order valence-electron chi connectivity index (χ1n) is 18.0. The summed E-state index contributed by atoms with van der Waals surface area (Å²) in [4.78, 5) is 15.6. The number of aromatic carboxylic acids is 1. The number of carbonyl (C=O) groups is 1. The Morgan fingerprint density at radius 2 is 1.90 bits per heavy atom. The van der Waals surface area contributed by atoms with Crippen LogP contribution in [0.5, 0.6) is 5.75 Å². The number of morpholine rings is 1. The molecule has 1 N–H and O–H groups in total. The van der Waals surface area contributed by atoms with Crippen molar-refractivity contribution in [3.8, 4) is 16.9 Å². The summed E-state index contributed by atoms with van der Waals surface area (Å²) < 4.78 is 45.3. The highest BCUT2D eigenvalue weighted by atomic mass is 35.5. The Kier molecular flexibility index (Phi) is 11.1. The van der Waals surface area contributed by atoms with Gasteiger partial charge in [0.2, 0.25) is 0 Å². The largest absolute Gasteiger partial charge is 0.598 e. The van der Waals surface area contributed by atoms with E-state index >= 15 is 0 Å². The SMILES string of the molecule is CCc1c2c(nn1C)C(CCN1CCOCC1)N(C)[S+]([O-])CCCn1c(C(=O)O)c(CCCOc3cccc4cc(F)ccc34)c3ccc(Cl)c-2c31. The van der Waals surface area contributed by atoms with Gasteiger partial charge in [0.1, 0.15) is 29.1 Å². The molecule has 2 aliphatic heterocycles. The zero-order chi connectivity index (χ0) is 36.5. The van der Waals surface area contributed by atoms with Gasteiger partial charge in [0.15, 0.2) is 0 Å². The number of ether oxygens (including phenoxy) is 2. The lowest BCUT2D eigenvalue weighted by Crippen LogP contribution is -2.40. The predicted molar refractivity (Wildman–Crippen MR) is 203 cm³/mol. The van der Waals surface area contributed by atoms with Gasteiger partial charge in [0, 0.05) is 85.7 Å². The maximum atomic E-state index is 14.0. The van der Waals surface area contributed by atoms with Gasteiger partial charge < -0.3 is 23.7 Å². The van der Waals surface area contributed by atoms with Crippen molar-refractivity contribution in [1.82, 2.24) is 23.6 Å². The monoisotopic (exact) mass is 749 g/mol. The van der Waals surface area contributed by atoms with Gasteiger partial charge in [-0.05, 0) is 67.0 Å². The van der Waals surface area contributed by atoms with Gasteiger partial charge >= 0.3 is 5.97 Å². The van der Waals surface area contributed by atoms with Gasteiger partial charge in [0.05, 0.1) is 36.1 Å². The molecule has 4 heterocycles. The van der Waals surface area contributed by atoms with Gasteiger partial charge in [-0.2, -0.15) is 5.10 Å². The number of benzene rings is 3. The van der Waals surface area contributed by atoms with E-state index in [4.69, 9.17) is 26.2 Å². The summed E-state index contributed by atoms with van der Waals surface area (Å²) in [5.74, 6) is -0.304. The van der Waals surface area contributed by atoms with E-state index in [1.165, 1.54) is 12.1 Å². The highest BCUT2D eigenvalue weighted by molar-refractivity contribution is 7.89. The number of rotatable bonds is 10. The van der Waals surface area contributed by atoms with E-state index in [1.54, 1.807) is 6.07 Å². The number of carboxylic acid groups (broad SMARTS) is 1. The van der Waals surface area contributed by atoms with Crippen LogP contribution in [0.2, 0.25) is 5.02 Å². The first-order valence-corrected chi connectivity index (χ1v) is 19.7. The molecule has 10 nitrogen and oxygen atoms in total. The molecule has 5 aromatic rings. The van der Waals surface area contributed by atoms with E-state index in [0.29, 0.717) is 80.6 Å². The van der Waals surface area contributed by atoms with Crippen molar-refractivity contribution in [2.24, 2.45) is 7.05 Å². The summed E-state index contributed by atoms with van der Waals surface area (Å²) in [6.45, 7) is 6.67. The molecule has 13 heteroatoms. The quantitative estimate of drug-likeness (QED) is 0.120. The molecule has 0 spiro atoms. The Bertz CT molecular complexity index is 2100. The topological polar surface area (TPSA) is 108 Å². The third kappa shape index (κ3) is 7.04. The fourth-order valence-electron chi connectivity index (χ4n) is 7.98. The van der Waals surface area contributed by atoms with Crippen LogP contribution in [0.25, 0.3) is 32.8 Å². The third-order valence-electron chi connectivity index (χ3n) is 10.5. The average Bonchev–Trinajstić information content (AvgIpc) is 3.63. The molecule has 0 saturated carbocycles. The summed E-state index contributed by atoms with van der Waals surface area (Å²) >= 11 is 5.86. The van der Waals surface area contributed by atoms with Crippen LogP contribution >= 0.6 is 11.6 Å². The summed E-state index contributed by atoms with van der Waals surface area (Å²) in [6, 6.07) is 13.7. The second-order valence-corrected chi connectivity index (χ2v) is 15.6. The van der Waals surface area contributed by atoms with E-state index in [0.717, 1.165) is 63.8 Å². The number of nitrogens with zero attached hydrogens (tertiary/aromatic N) is 5. The van der Waals surface area contributed by atoms with Gasteiger partial charge in [-0.1, -0.05) is 36.7 Å². The van der Waals surface area contributed by atoms with Crippen LogP contribution in [0, 0.1) is 5.82 Å². The van der Waals surface area contributed by atoms with Crippen LogP contribution in [-0.4, -0.2) is 91.4 Å². The van der Waals surface area contributed by atoms with E-state index in [2.05, 4.69) is 11.8 Å². The van der Waals surface area contributed by atoms with Gasteiger partial charge in [-0.25, -0.2) is 9.18 Å². The smallest absolute Gasteiger partial charge is 0.352 e. The molecule has 7 rings (SSSR count). The first kappa shape index (κ1) is 36.7. The van der Waals surface area contributed by atoms with E-state index in [-0.39, 0.29) is 17.6 Å². The fraction of sp³-hybridized carbons (Fsp3) is 0.436. The van der Waals surface area contributed by atoms with Gasteiger partial charge in [-0.3, -0.25) is 9.58 Å². The van der Waals surface area contributed by atoms with E-state index in [1.807, 2.05) is 58.0 Å². The molecule has 276 valence electrons. The summed E-state index contributed by atoms with van der Waals surface area (Å²) in [6.07, 6.45) is 2.89. The molecule has 3 aromatic carbocycles. The normalized spacial score (nSPS) is 18.8. The fourth-order valence-corrected chi connectivity index (χ4v) is 9.38. The Morgan fingerprint density at radius 1 is 1.12 bits per heavy atom. The summed E-state index contributed by atoms with van der Waals surface area (Å²) in [5, 5.41) is 18.8. The van der Waals surface area contributed by atoms with Crippen molar-refractivity contribution >= 4 is 50.6 Å². The zero-order valence-electron chi connectivity index (χ0n) is 29.9. The standard InChI is InChI=1S/C39H45ClFN5O5S/c1-4-31-35-34-30(40)14-13-29-28(9-6-20-51-33-10-5-8-25-24-26(41)11-12-27(25)33)38(39(47)48)46(37(29)34)16-7-23-52(49)44(3)32(36(35)42-43(31)2)15-17-45-18-21-50-22-19-45/h5,8,10-14,24,32H,4,6-7,9,15-23H2,1-3H3,(H,47,48). The molecule has 1 saturated heterocycles. The molecule has 0 amide bonds. The number of hydrogen-bond donors (Lipinski definition) is 1. The van der Waals surface area contributed by atoms with Gasteiger partial charge in [-0.15, -0.1) is 4.31 Å². The molecule has 0 bridgehead atoms. The lowest BCUT2D eigenvalue weighted by molar-refractivity contribution is 0.0351. The molecule has 2 aliphatic rings. The number of aryl methyl sites for hydroxylation is 3. The molecule has 52 heavy (non-hydrogen) atoms. The van der Waals surface area contributed by atoms with Crippen LogP contribution in [0.3, 0.4) is 0 Å². The molecule has 2 atom stereocenters. The maximum Gasteiger partial charge on any atom is 0.352 e. The van der Waals surface area contributed by atoms with Crippen LogP contribution < -0.4 is 4.74 Å². The lowest BCUT2D eigenvalue weighted by atomic mass is 9.94. The van der Waals surface area contributed by atoms with Crippen molar-refractivity contribution in [3.05, 3.63) is 82.0 Å². The lowest BCUT2D eigenvalue weighted by Gasteiger charge is -2.32. The Balaban J connectivity index is 1.31. The van der Waals surface area contributed by atoms with Crippen molar-refractivity contribution in [3.63, 3.8) is 0 Å². The number of fused-ring (bicyclic) bond motifs is 3. The number of hydrogen-bond acceptors (Lipinski definition) is 7. The number of halogens is 2. The van der Waals surface area contributed by atoms with Crippen LogP contribution in [-0.2, 0) is 42.5 Å². The minimum atomic E-state index is -1.34. The number of aromatic nitrogens is 3.